The van der Waals surface area contributed by atoms with E-state index in [0.29, 0.717) is 10.4 Å². The SMILES string of the molecule is C[C@H](NC(=O)Cn1ccc2cnccc2c1=O)c1ccc(Cl)cc1. The first-order chi connectivity index (χ1) is 11.5. The molecule has 6 heteroatoms. The highest BCUT2D eigenvalue weighted by Gasteiger charge is 2.11. The second kappa shape index (κ2) is 6.84. The summed E-state index contributed by atoms with van der Waals surface area (Å²) >= 11 is 5.86. The van der Waals surface area contributed by atoms with Crippen molar-refractivity contribution in [2.24, 2.45) is 0 Å². The van der Waals surface area contributed by atoms with Crippen molar-refractivity contribution >= 4 is 28.3 Å². The predicted octanol–water partition coefficient (Wildman–Crippen LogP) is 2.93. The topological polar surface area (TPSA) is 64.0 Å². The van der Waals surface area contributed by atoms with Gasteiger partial charge in [0.15, 0.2) is 0 Å². The minimum atomic E-state index is -0.229. The van der Waals surface area contributed by atoms with Crippen LogP contribution in [0.4, 0.5) is 0 Å². The van der Waals surface area contributed by atoms with Crippen LogP contribution < -0.4 is 10.9 Å². The molecule has 0 radical (unpaired) electrons. The van der Waals surface area contributed by atoms with Gasteiger partial charge in [-0.25, -0.2) is 0 Å². The van der Waals surface area contributed by atoms with E-state index in [9.17, 15) is 9.59 Å². The number of amides is 1. The third-order valence-corrected chi connectivity index (χ3v) is 4.09. The van der Waals surface area contributed by atoms with Gasteiger partial charge < -0.3 is 9.88 Å². The molecule has 1 atom stereocenters. The van der Waals surface area contributed by atoms with E-state index in [1.54, 1.807) is 42.9 Å². The van der Waals surface area contributed by atoms with Crippen molar-refractivity contribution in [3.05, 3.63) is 75.9 Å². The van der Waals surface area contributed by atoms with Crippen molar-refractivity contribution < 1.29 is 4.79 Å². The van der Waals surface area contributed by atoms with Crippen LogP contribution in [0.1, 0.15) is 18.5 Å². The molecule has 0 aliphatic rings. The van der Waals surface area contributed by atoms with E-state index in [0.717, 1.165) is 10.9 Å². The summed E-state index contributed by atoms with van der Waals surface area (Å²) in [5, 5.41) is 4.84. The molecular formula is C18H16ClN3O2. The summed E-state index contributed by atoms with van der Waals surface area (Å²) in [5.74, 6) is -0.229. The molecule has 0 saturated carbocycles. The lowest BCUT2D eigenvalue weighted by Gasteiger charge is -2.15. The second-order valence-corrected chi connectivity index (χ2v) is 5.99. The lowest BCUT2D eigenvalue weighted by atomic mass is 10.1. The molecule has 0 saturated heterocycles. The minimum Gasteiger partial charge on any atom is -0.348 e. The van der Waals surface area contributed by atoms with Gasteiger partial charge in [0.2, 0.25) is 5.91 Å². The monoisotopic (exact) mass is 341 g/mol. The van der Waals surface area contributed by atoms with Gasteiger partial charge in [0.05, 0.1) is 11.4 Å². The molecule has 0 spiro atoms. The van der Waals surface area contributed by atoms with Gasteiger partial charge >= 0.3 is 0 Å². The number of pyridine rings is 2. The van der Waals surface area contributed by atoms with Crippen molar-refractivity contribution in [1.29, 1.82) is 0 Å². The molecular weight excluding hydrogens is 326 g/mol. The van der Waals surface area contributed by atoms with Crippen molar-refractivity contribution in [3.63, 3.8) is 0 Å². The molecule has 2 heterocycles. The van der Waals surface area contributed by atoms with Gasteiger partial charge in [0, 0.05) is 29.0 Å². The number of fused-ring (bicyclic) bond motifs is 1. The van der Waals surface area contributed by atoms with Crippen LogP contribution in [0.3, 0.4) is 0 Å². The quantitative estimate of drug-likeness (QED) is 0.793. The average molecular weight is 342 g/mol. The molecule has 1 amide bonds. The van der Waals surface area contributed by atoms with Gasteiger partial charge in [-0.3, -0.25) is 14.6 Å². The van der Waals surface area contributed by atoms with E-state index >= 15 is 0 Å². The first kappa shape index (κ1) is 16.2. The van der Waals surface area contributed by atoms with Crippen LogP contribution in [0.15, 0.2) is 59.8 Å². The largest absolute Gasteiger partial charge is 0.348 e. The average Bonchev–Trinajstić information content (AvgIpc) is 2.58. The number of halogens is 1. The maximum absolute atomic E-state index is 12.4. The Hall–Kier alpha value is -2.66. The molecule has 0 unspecified atom stereocenters. The van der Waals surface area contributed by atoms with Gasteiger partial charge in [-0.15, -0.1) is 0 Å². The molecule has 3 rings (SSSR count). The van der Waals surface area contributed by atoms with Crippen molar-refractivity contribution in [2.75, 3.05) is 0 Å². The summed E-state index contributed by atoms with van der Waals surface area (Å²) in [5.41, 5.74) is 0.744. The number of rotatable bonds is 4. The molecule has 2 aromatic heterocycles. The van der Waals surface area contributed by atoms with Gasteiger partial charge in [-0.1, -0.05) is 23.7 Å². The van der Waals surface area contributed by atoms with Crippen LogP contribution in [0.25, 0.3) is 10.8 Å². The molecule has 0 aliphatic carbocycles. The number of carbonyl (C=O) groups is 1. The standard InChI is InChI=1S/C18H16ClN3O2/c1-12(13-2-4-15(19)5-3-13)21-17(23)11-22-9-7-14-10-20-8-6-16(14)18(22)24/h2-10,12H,11H2,1H3,(H,21,23)/t12-/m0/s1. The molecule has 5 nitrogen and oxygen atoms in total. The maximum Gasteiger partial charge on any atom is 0.259 e. The van der Waals surface area contributed by atoms with Crippen LogP contribution in [0.5, 0.6) is 0 Å². The lowest BCUT2D eigenvalue weighted by molar-refractivity contribution is -0.122. The van der Waals surface area contributed by atoms with Gasteiger partial charge in [-0.2, -0.15) is 0 Å². The van der Waals surface area contributed by atoms with E-state index in [1.165, 1.54) is 4.57 Å². The molecule has 0 bridgehead atoms. The summed E-state index contributed by atoms with van der Waals surface area (Å²) in [4.78, 5) is 28.6. The van der Waals surface area contributed by atoms with Gasteiger partial charge in [0.25, 0.3) is 5.56 Å². The van der Waals surface area contributed by atoms with Crippen molar-refractivity contribution in [3.8, 4) is 0 Å². The van der Waals surface area contributed by atoms with Crippen LogP contribution in [0, 0.1) is 0 Å². The predicted molar refractivity (Wildman–Crippen MR) is 94.0 cm³/mol. The summed E-state index contributed by atoms with van der Waals surface area (Å²) in [6.07, 6.45) is 4.80. The van der Waals surface area contributed by atoms with E-state index < -0.39 is 0 Å². The Balaban J connectivity index is 1.74. The Bertz CT molecular complexity index is 935. The summed E-state index contributed by atoms with van der Waals surface area (Å²) in [7, 11) is 0. The van der Waals surface area contributed by atoms with E-state index in [-0.39, 0.29) is 24.1 Å². The molecule has 24 heavy (non-hydrogen) atoms. The molecule has 122 valence electrons. The normalized spacial score (nSPS) is 12.1. The van der Waals surface area contributed by atoms with Crippen LogP contribution in [0.2, 0.25) is 5.02 Å². The molecule has 1 N–H and O–H groups in total. The second-order valence-electron chi connectivity index (χ2n) is 5.55. The smallest absolute Gasteiger partial charge is 0.259 e. The maximum atomic E-state index is 12.4. The Morgan fingerprint density at radius 1 is 1.25 bits per heavy atom. The number of hydrogen-bond acceptors (Lipinski definition) is 3. The third-order valence-electron chi connectivity index (χ3n) is 3.84. The van der Waals surface area contributed by atoms with Gasteiger partial charge in [0.1, 0.15) is 6.54 Å². The number of benzene rings is 1. The highest BCUT2D eigenvalue weighted by molar-refractivity contribution is 6.30. The minimum absolute atomic E-state index is 0.0327. The van der Waals surface area contributed by atoms with Crippen LogP contribution in [-0.2, 0) is 11.3 Å². The fourth-order valence-electron chi connectivity index (χ4n) is 2.53. The Labute approximate surface area is 143 Å². The number of aromatic nitrogens is 2. The Morgan fingerprint density at radius 2 is 2.00 bits per heavy atom. The van der Waals surface area contributed by atoms with Crippen molar-refractivity contribution in [1.82, 2.24) is 14.9 Å². The summed E-state index contributed by atoms with van der Waals surface area (Å²) in [6.45, 7) is 1.85. The van der Waals surface area contributed by atoms with E-state index in [2.05, 4.69) is 10.3 Å². The zero-order chi connectivity index (χ0) is 17.1. The number of hydrogen-bond donors (Lipinski definition) is 1. The Morgan fingerprint density at radius 3 is 2.75 bits per heavy atom. The van der Waals surface area contributed by atoms with Gasteiger partial charge in [-0.05, 0) is 36.8 Å². The number of nitrogens with zero attached hydrogens (tertiary/aromatic N) is 2. The lowest BCUT2D eigenvalue weighted by Crippen LogP contribution is -2.33. The molecule has 3 aromatic rings. The van der Waals surface area contributed by atoms with Crippen LogP contribution in [-0.4, -0.2) is 15.5 Å². The Kier molecular flexibility index (Phi) is 4.62. The zero-order valence-corrected chi connectivity index (χ0v) is 13.8. The molecule has 0 fully saturated rings. The molecule has 1 aromatic carbocycles. The summed E-state index contributed by atoms with van der Waals surface area (Å²) in [6, 6.07) is 10.5. The third kappa shape index (κ3) is 3.46. The van der Waals surface area contributed by atoms with E-state index in [1.807, 2.05) is 19.1 Å². The fourth-order valence-corrected chi connectivity index (χ4v) is 2.65. The van der Waals surface area contributed by atoms with Crippen LogP contribution >= 0.6 is 11.6 Å². The van der Waals surface area contributed by atoms with E-state index in [4.69, 9.17) is 11.6 Å². The van der Waals surface area contributed by atoms with Crippen molar-refractivity contribution in [2.45, 2.75) is 19.5 Å². The fraction of sp³-hybridized carbons (Fsp3) is 0.167. The molecule has 0 aliphatic heterocycles. The first-order valence-corrected chi connectivity index (χ1v) is 7.90. The summed E-state index contributed by atoms with van der Waals surface area (Å²) < 4.78 is 1.40. The number of carbonyl (C=O) groups excluding carboxylic acids is 1. The zero-order valence-electron chi connectivity index (χ0n) is 13.1. The highest BCUT2D eigenvalue weighted by atomic mass is 35.5. The first-order valence-electron chi connectivity index (χ1n) is 7.52. The number of nitrogens with one attached hydrogen (secondary N) is 1. The highest BCUT2D eigenvalue weighted by Crippen LogP contribution is 2.16.